The zero-order chi connectivity index (χ0) is 14.3. The third-order valence-corrected chi connectivity index (χ3v) is 3.58. The van der Waals surface area contributed by atoms with Crippen LogP contribution in [0.2, 0.25) is 0 Å². The maximum absolute atomic E-state index is 5.92. The highest BCUT2D eigenvalue weighted by Crippen LogP contribution is 2.28. The smallest absolute Gasteiger partial charge is 0.123 e. The van der Waals surface area contributed by atoms with Gasteiger partial charge in [-0.1, -0.05) is 43.7 Å². The number of aryl methyl sites for hydroxylation is 1. The maximum atomic E-state index is 5.92. The molecule has 20 heavy (non-hydrogen) atoms. The lowest BCUT2D eigenvalue weighted by Crippen LogP contribution is -2.17. The van der Waals surface area contributed by atoms with Gasteiger partial charge in [-0.3, -0.25) is 0 Å². The van der Waals surface area contributed by atoms with Crippen LogP contribution in [-0.2, 0) is 11.2 Å². The average Bonchev–Trinajstić information content (AvgIpc) is 3.20. The number of unbranched alkanes of at least 4 members (excludes halogenated alkanes) is 2. The summed E-state index contributed by atoms with van der Waals surface area (Å²) in [6.07, 6.45) is 10.4. The van der Waals surface area contributed by atoms with E-state index in [1.54, 1.807) is 0 Å². The normalized spacial score (nSPS) is 21.3. The first kappa shape index (κ1) is 15.1. The molecule has 1 atom stereocenters. The number of ether oxygens (including phenoxy) is 2. The summed E-state index contributed by atoms with van der Waals surface area (Å²) in [5.74, 6) is 1.02. The molecule has 2 heteroatoms. The van der Waals surface area contributed by atoms with Crippen LogP contribution in [0, 0.1) is 0 Å². The Morgan fingerprint density at radius 1 is 1.25 bits per heavy atom. The van der Waals surface area contributed by atoms with Crippen LogP contribution in [0.15, 0.2) is 36.4 Å². The molecule has 1 aromatic rings. The molecule has 0 N–H and O–H groups in total. The van der Waals surface area contributed by atoms with Gasteiger partial charge in [0.2, 0.25) is 0 Å². The van der Waals surface area contributed by atoms with E-state index < -0.39 is 0 Å². The molecule has 0 spiro atoms. The Labute approximate surface area is 122 Å². The molecule has 1 saturated heterocycles. The third kappa shape index (κ3) is 5.01. The Kier molecular flexibility index (Phi) is 5.66. The van der Waals surface area contributed by atoms with Crippen LogP contribution in [0.5, 0.6) is 5.75 Å². The molecule has 1 aliphatic heterocycles. The van der Waals surface area contributed by atoms with Crippen LogP contribution in [0.1, 0.15) is 45.1 Å². The molecular formula is C18H26O2. The lowest BCUT2D eigenvalue weighted by molar-refractivity contribution is 0.201. The third-order valence-electron chi connectivity index (χ3n) is 3.58. The van der Waals surface area contributed by atoms with E-state index in [-0.39, 0.29) is 5.60 Å². The Hall–Kier alpha value is -1.28. The summed E-state index contributed by atoms with van der Waals surface area (Å²) in [6, 6.07) is 8.36. The molecule has 1 aromatic carbocycles. The largest absolute Gasteiger partial charge is 0.490 e. The summed E-state index contributed by atoms with van der Waals surface area (Å²) in [7, 11) is 0. The van der Waals surface area contributed by atoms with Gasteiger partial charge >= 0.3 is 0 Å². The summed E-state index contributed by atoms with van der Waals surface area (Å²) >= 11 is 0. The fraction of sp³-hybridized carbons (Fsp3) is 0.556. The zero-order valence-electron chi connectivity index (χ0n) is 12.7. The fourth-order valence-corrected chi connectivity index (χ4v) is 2.10. The predicted octanol–water partition coefficient (Wildman–Crippen LogP) is 4.53. The van der Waals surface area contributed by atoms with Crippen molar-refractivity contribution in [3.8, 4) is 5.75 Å². The second kappa shape index (κ2) is 7.49. The minimum Gasteiger partial charge on any atom is -0.490 e. The zero-order valence-corrected chi connectivity index (χ0v) is 12.7. The van der Waals surface area contributed by atoms with E-state index in [4.69, 9.17) is 9.47 Å². The molecule has 1 unspecified atom stereocenters. The van der Waals surface area contributed by atoms with Crippen molar-refractivity contribution in [1.29, 1.82) is 0 Å². The number of rotatable bonds is 9. The molecule has 0 saturated carbocycles. The van der Waals surface area contributed by atoms with Gasteiger partial charge in [-0.15, -0.1) is 0 Å². The lowest BCUT2D eigenvalue weighted by Gasteiger charge is -2.12. The fourth-order valence-electron chi connectivity index (χ4n) is 2.10. The number of para-hydroxylation sites is 1. The van der Waals surface area contributed by atoms with Gasteiger partial charge in [0.1, 0.15) is 18.0 Å². The van der Waals surface area contributed by atoms with Gasteiger partial charge in [0.05, 0.1) is 6.61 Å². The van der Waals surface area contributed by atoms with Crippen LogP contribution < -0.4 is 4.74 Å². The summed E-state index contributed by atoms with van der Waals surface area (Å²) in [4.78, 5) is 0. The number of benzene rings is 1. The minimum absolute atomic E-state index is 0.0456. The quantitative estimate of drug-likeness (QED) is 0.375. The predicted molar refractivity (Wildman–Crippen MR) is 83.3 cm³/mol. The number of allylic oxidation sites excluding steroid dienone is 2. The molecule has 110 valence electrons. The van der Waals surface area contributed by atoms with Crippen molar-refractivity contribution >= 4 is 0 Å². The van der Waals surface area contributed by atoms with E-state index in [0.29, 0.717) is 6.61 Å². The molecule has 0 bridgehead atoms. The Balaban J connectivity index is 1.78. The maximum Gasteiger partial charge on any atom is 0.123 e. The van der Waals surface area contributed by atoms with Gasteiger partial charge in [0, 0.05) is 0 Å². The number of hydrogen-bond acceptors (Lipinski definition) is 2. The summed E-state index contributed by atoms with van der Waals surface area (Å²) in [5, 5.41) is 0. The summed E-state index contributed by atoms with van der Waals surface area (Å²) < 4.78 is 11.3. The highest BCUT2D eigenvalue weighted by atomic mass is 16.6. The van der Waals surface area contributed by atoms with Crippen molar-refractivity contribution in [2.45, 2.75) is 51.6 Å². The van der Waals surface area contributed by atoms with Crippen molar-refractivity contribution in [3.63, 3.8) is 0 Å². The molecule has 2 rings (SSSR count). The molecule has 1 heterocycles. The van der Waals surface area contributed by atoms with E-state index in [1.165, 1.54) is 24.8 Å². The highest BCUT2D eigenvalue weighted by Gasteiger charge is 2.40. The van der Waals surface area contributed by atoms with E-state index >= 15 is 0 Å². The van der Waals surface area contributed by atoms with Gasteiger partial charge in [0.15, 0.2) is 0 Å². The van der Waals surface area contributed by atoms with Crippen molar-refractivity contribution in [2.75, 3.05) is 13.2 Å². The standard InChI is InChI=1S/C18H26O2/c1-3-4-5-6-7-8-11-16-12-9-10-13-17(16)19-14-18(2)15-20-18/h5-6,9-10,12-13H,3-4,7-8,11,14-15H2,1-2H3/b6-5+. The van der Waals surface area contributed by atoms with Crippen LogP contribution in [-0.4, -0.2) is 18.8 Å². The van der Waals surface area contributed by atoms with Gasteiger partial charge in [-0.2, -0.15) is 0 Å². The monoisotopic (exact) mass is 274 g/mol. The molecule has 0 aliphatic carbocycles. The average molecular weight is 274 g/mol. The van der Waals surface area contributed by atoms with Gasteiger partial charge in [-0.25, -0.2) is 0 Å². The first-order valence-corrected chi connectivity index (χ1v) is 7.73. The van der Waals surface area contributed by atoms with Crippen LogP contribution in [0.4, 0.5) is 0 Å². The van der Waals surface area contributed by atoms with E-state index in [9.17, 15) is 0 Å². The number of epoxide rings is 1. The summed E-state index contributed by atoms with van der Waals surface area (Å²) in [5.41, 5.74) is 1.26. The highest BCUT2D eigenvalue weighted by molar-refractivity contribution is 5.33. The molecule has 0 aromatic heterocycles. The van der Waals surface area contributed by atoms with Crippen molar-refractivity contribution in [1.82, 2.24) is 0 Å². The SMILES string of the molecule is CCC/C=C/CCCc1ccccc1OCC1(C)CO1. The number of hydrogen-bond donors (Lipinski definition) is 0. The van der Waals surface area contributed by atoms with Crippen molar-refractivity contribution in [2.24, 2.45) is 0 Å². The van der Waals surface area contributed by atoms with Crippen molar-refractivity contribution in [3.05, 3.63) is 42.0 Å². The topological polar surface area (TPSA) is 21.8 Å². The molecule has 2 nitrogen and oxygen atoms in total. The Morgan fingerprint density at radius 3 is 2.75 bits per heavy atom. The summed E-state index contributed by atoms with van der Waals surface area (Å²) in [6.45, 7) is 5.77. The Bertz CT molecular complexity index is 433. The molecular weight excluding hydrogens is 248 g/mol. The second-order valence-corrected chi connectivity index (χ2v) is 5.79. The first-order valence-electron chi connectivity index (χ1n) is 7.73. The van der Waals surface area contributed by atoms with Crippen molar-refractivity contribution < 1.29 is 9.47 Å². The van der Waals surface area contributed by atoms with E-state index in [1.807, 2.05) is 6.07 Å². The molecule has 1 aliphatic rings. The molecule has 0 amide bonds. The van der Waals surface area contributed by atoms with E-state index in [0.717, 1.165) is 25.2 Å². The lowest BCUT2D eigenvalue weighted by atomic mass is 10.1. The van der Waals surface area contributed by atoms with Crippen LogP contribution >= 0.6 is 0 Å². The minimum atomic E-state index is -0.0456. The molecule has 1 fully saturated rings. The molecule has 0 radical (unpaired) electrons. The van der Waals surface area contributed by atoms with E-state index in [2.05, 4.69) is 44.2 Å². The second-order valence-electron chi connectivity index (χ2n) is 5.79. The first-order chi connectivity index (χ1) is 9.73. The van der Waals surface area contributed by atoms with Crippen LogP contribution in [0.25, 0.3) is 0 Å². The Morgan fingerprint density at radius 2 is 2.00 bits per heavy atom. The van der Waals surface area contributed by atoms with Gasteiger partial charge < -0.3 is 9.47 Å². The van der Waals surface area contributed by atoms with Gasteiger partial charge in [0.25, 0.3) is 0 Å². The van der Waals surface area contributed by atoms with Gasteiger partial charge in [-0.05, 0) is 44.2 Å². The van der Waals surface area contributed by atoms with Crippen LogP contribution in [0.3, 0.4) is 0 Å².